The monoisotopic (exact) mass is 180 g/mol. The van der Waals surface area contributed by atoms with Crippen LogP contribution in [-0.4, -0.2) is 25.7 Å². The van der Waals surface area contributed by atoms with Crippen molar-refractivity contribution < 1.29 is 27.8 Å². The molecule has 0 aliphatic rings. The number of hydrogen-bond donors (Lipinski definition) is 0. The highest BCUT2D eigenvalue weighted by Gasteiger charge is 2.01. The fraction of sp³-hybridized carbons (Fsp3) is 0.250. The van der Waals surface area contributed by atoms with E-state index in [0.29, 0.717) is 0 Å². The van der Waals surface area contributed by atoms with E-state index in [2.05, 4.69) is 9.78 Å². The third-order valence-corrected chi connectivity index (χ3v) is 0.819. The Labute approximate surface area is 63.2 Å². The molecular weight excluding hydrogens is 176 g/mol. The minimum Gasteiger partial charge on any atom is -0.248 e. The lowest BCUT2D eigenvalue weighted by atomic mass is 10.8. The van der Waals surface area contributed by atoms with Gasteiger partial charge < -0.3 is 0 Å². The van der Waals surface area contributed by atoms with Gasteiger partial charge in [-0.1, -0.05) is 0 Å². The molecule has 0 aromatic carbocycles. The second kappa shape index (κ2) is 4.45. The molecule has 11 heavy (non-hydrogen) atoms. The number of rotatable bonds is 1. The van der Waals surface area contributed by atoms with Gasteiger partial charge >= 0.3 is 11.9 Å². The van der Waals surface area contributed by atoms with Crippen molar-refractivity contribution in [2.24, 2.45) is 0 Å². The smallest absolute Gasteiger partial charge is 0.248 e. The van der Waals surface area contributed by atoms with Crippen LogP contribution in [0.3, 0.4) is 0 Å². The van der Waals surface area contributed by atoms with Crippen LogP contribution in [0.25, 0.3) is 0 Å². The van der Waals surface area contributed by atoms with Crippen molar-refractivity contribution in [3.63, 3.8) is 0 Å². The maximum absolute atomic E-state index is 10.2. The van der Waals surface area contributed by atoms with Crippen molar-refractivity contribution in [3.8, 4) is 0 Å². The summed E-state index contributed by atoms with van der Waals surface area (Å²) < 4.78 is 19.5. The van der Waals surface area contributed by atoms with Gasteiger partial charge in [0.05, 0.1) is 0 Å². The van der Waals surface area contributed by atoms with Crippen molar-refractivity contribution in [3.05, 3.63) is 0 Å². The zero-order chi connectivity index (χ0) is 8.85. The fourth-order valence-corrected chi connectivity index (χ4v) is 0.394. The molecule has 0 radical (unpaired) electrons. The van der Waals surface area contributed by atoms with E-state index in [1.807, 2.05) is 0 Å². The van der Waals surface area contributed by atoms with Crippen molar-refractivity contribution >= 4 is 27.6 Å². The summed E-state index contributed by atoms with van der Waals surface area (Å²) in [6.45, 7) is 1.00. The van der Waals surface area contributed by atoms with Crippen LogP contribution < -0.4 is 0 Å². The van der Waals surface area contributed by atoms with E-state index in [-0.39, 0.29) is 5.37 Å². The lowest BCUT2D eigenvalue weighted by molar-refractivity contribution is -0.250. The fourth-order valence-electron chi connectivity index (χ4n) is 0.198. The Morgan fingerprint density at radius 2 is 1.82 bits per heavy atom. The first-order valence-electron chi connectivity index (χ1n) is 2.34. The topological polar surface area (TPSA) is 86.7 Å². The molecule has 62 valence electrons. The molecule has 0 aromatic heterocycles. The minimum absolute atomic E-state index is 0.225. The Bertz CT molecular complexity index is 278. The molecule has 0 aliphatic heterocycles. The van der Waals surface area contributed by atoms with Crippen LogP contribution >= 0.6 is 0 Å². The van der Waals surface area contributed by atoms with Crippen LogP contribution in [0.1, 0.15) is 6.92 Å². The SMILES string of the molecule is CC(=O)OOC(=O)C=S(=O)=O. The van der Waals surface area contributed by atoms with Gasteiger partial charge in [0.25, 0.3) is 0 Å². The Morgan fingerprint density at radius 1 is 1.27 bits per heavy atom. The van der Waals surface area contributed by atoms with Crippen LogP contribution in [0, 0.1) is 0 Å². The first kappa shape index (κ1) is 9.63. The molecule has 0 amide bonds. The summed E-state index contributed by atoms with van der Waals surface area (Å²) >= 11 is 0. The maximum atomic E-state index is 10.2. The molecule has 0 rings (SSSR count). The van der Waals surface area contributed by atoms with E-state index in [0.717, 1.165) is 6.92 Å². The van der Waals surface area contributed by atoms with Crippen LogP contribution in [-0.2, 0) is 29.7 Å². The summed E-state index contributed by atoms with van der Waals surface area (Å²) in [7, 11) is -2.65. The first-order valence-corrected chi connectivity index (χ1v) is 3.48. The van der Waals surface area contributed by atoms with Gasteiger partial charge in [-0.05, 0) is 0 Å². The van der Waals surface area contributed by atoms with Crippen molar-refractivity contribution in [2.45, 2.75) is 6.92 Å². The molecule has 0 atom stereocenters. The van der Waals surface area contributed by atoms with Crippen molar-refractivity contribution in [1.82, 2.24) is 0 Å². The van der Waals surface area contributed by atoms with Gasteiger partial charge in [-0.15, -0.1) is 0 Å². The van der Waals surface area contributed by atoms with Gasteiger partial charge in [0.1, 0.15) is 5.37 Å². The molecule has 0 aliphatic carbocycles. The Hall–Kier alpha value is -1.37. The third kappa shape index (κ3) is 6.52. The van der Waals surface area contributed by atoms with Crippen LogP contribution in [0.5, 0.6) is 0 Å². The molecule has 0 spiro atoms. The van der Waals surface area contributed by atoms with Gasteiger partial charge in [0.2, 0.25) is 10.3 Å². The van der Waals surface area contributed by atoms with E-state index in [1.54, 1.807) is 0 Å². The highest BCUT2D eigenvalue weighted by atomic mass is 32.2. The predicted octanol–water partition coefficient (Wildman–Crippen LogP) is -1.31. The molecule has 0 bridgehead atoms. The second-order valence-electron chi connectivity index (χ2n) is 1.36. The van der Waals surface area contributed by atoms with Gasteiger partial charge in [0.15, 0.2) is 0 Å². The summed E-state index contributed by atoms with van der Waals surface area (Å²) in [5.41, 5.74) is 0. The van der Waals surface area contributed by atoms with Crippen molar-refractivity contribution in [1.29, 1.82) is 0 Å². The Kier molecular flexibility index (Phi) is 3.89. The molecule has 7 heteroatoms. The number of carbonyl (C=O) groups is 2. The lowest BCUT2D eigenvalue weighted by Crippen LogP contribution is -2.09. The van der Waals surface area contributed by atoms with E-state index in [4.69, 9.17) is 0 Å². The summed E-state index contributed by atoms with van der Waals surface area (Å²) in [6.07, 6.45) is 0. The average Bonchev–Trinajstić information content (AvgIpc) is 1.82. The lowest BCUT2D eigenvalue weighted by Gasteiger charge is -1.93. The van der Waals surface area contributed by atoms with E-state index in [9.17, 15) is 18.0 Å². The number of carbonyl (C=O) groups excluding carboxylic acids is 2. The van der Waals surface area contributed by atoms with E-state index < -0.39 is 22.2 Å². The molecule has 0 saturated carbocycles. The summed E-state index contributed by atoms with van der Waals surface area (Å²) in [5, 5.41) is 0.225. The number of hydrogen-bond acceptors (Lipinski definition) is 6. The largest absolute Gasteiger partial charge is 0.394 e. The molecular formula is C4H4O6S. The van der Waals surface area contributed by atoms with Gasteiger partial charge in [-0.2, -0.15) is 8.42 Å². The zero-order valence-corrected chi connectivity index (χ0v) is 6.25. The maximum Gasteiger partial charge on any atom is 0.394 e. The second-order valence-corrected chi connectivity index (χ2v) is 2.11. The Morgan fingerprint density at radius 3 is 2.18 bits per heavy atom. The molecule has 6 nitrogen and oxygen atoms in total. The molecule has 0 N–H and O–H groups in total. The molecule has 0 heterocycles. The van der Waals surface area contributed by atoms with Gasteiger partial charge in [-0.25, -0.2) is 19.4 Å². The normalized spacial score (nSPS) is 8.09. The molecule has 0 saturated heterocycles. The summed E-state index contributed by atoms with van der Waals surface area (Å²) in [5.74, 6) is -2.10. The Balaban J connectivity index is 3.91. The van der Waals surface area contributed by atoms with E-state index >= 15 is 0 Å². The van der Waals surface area contributed by atoms with Crippen LogP contribution in [0.4, 0.5) is 0 Å². The van der Waals surface area contributed by atoms with Gasteiger partial charge in [-0.3, -0.25) is 0 Å². The first-order chi connectivity index (χ1) is 5.02. The van der Waals surface area contributed by atoms with Crippen molar-refractivity contribution in [2.75, 3.05) is 0 Å². The third-order valence-electron chi connectivity index (χ3n) is 0.434. The highest BCUT2D eigenvalue weighted by molar-refractivity contribution is 7.73. The minimum atomic E-state index is -2.65. The standard InChI is InChI=1S/C4H4O6S/c1-3(5)9-10-4(6)2-11(7)8/h2H,1H3. The molecule has 0 unspecified atom stereocenters. The predicted molar refractivity (Wildman–Crippen MR) is 32.8 cm³/mol. The molecule has 0 aromatic rings. The molecule has 0 fully saturated rings. The highest BCUT2D eigenvalue weighted by Crippen LogP contribution is 1.78. The van der Waals surface area contributed by atoms with E-state index in [1.165, 1.54) is 0 Å². The zero-order valence-electron chi connectivity index (χ0n) is 5.44. The summed E-state index contributed by atoms with van der Waals surface area (Å²) in [6, 6.07) is 0. The van der Waals surface area contributed by atoms with Gasteiger partial charge in [0, 0.05) is 6.92 Å². The van der Waals surface area contributed by atoms with Crippen LogP contribution in [0.2, 0.25) is 0 Å². The summed E-state index contributed by atoms with van der Waals surface area (Å²) in [4.78, 5) is 27.6. The van der Waals surface area contributed by atoms with Crippen LogP contribution in [0.15, 0.2) is 0 Å². The average molecular weight is 180 g/mol. The quantitative estimate of drug-likeness (QED) is 0.283.